The van der Waals surface area contributed by atoms with Crippen LogP contribution >= 0.6 is 0 Å². The molecular weight excluding hydrogens is 518 g/mol. The lowest BCUT2D eigenvalue weighted by molar-refractivity contribution is 0.673. The van der Waals surface area contributed by atoms with Gasteiger partial charge in [0.2, 0.25) is 0 Å². The molecule has 8 aromatic rings. The topological polar surface area (TPSA) is 91.4 Å². The third-order valence-electron chi connectivity index (χ3n) is 7.82. The first-order chi connectivity index (χ1) is 20.7. The van der Waals surface area contributed by atoms with E-state index in [1.807, 2.05) is 42.5 Å². The second-order valence-corrected chi connectivity index (χ2v) is 10.1. The van der Waals surface area contributed by atoms with E-state index in [2.05, 4.69) is 75.2 Å². The van der Waals surface area contributed by atoms with E-state index < -0.39 is 0 Å². The van der Waals surface area contributed by atoms with Gasteiger partial charge in [0.15, 0.2) is 0 Å². The molecule has 0 amide bonds. The molecule has 0 saturated heterocycles. The Hall–Kier alpha value is -6.24. The van der Waals surface area contributed by atoms with E-state index in [1.165, 1.54) is 0 Å². The molecule has 0 aliphatic heterocycles. The SMILES string of the molecule is N#Cc1ccc(-c2cccc(-c3ccc(C#N)nc3)c2-n2c3ccccc3c3c4oc5ccccc5c4ccc32)cn1. The van der Waals surface area contributed by atoms with Crippen LogP contribution in [0.2, 0.25) is 0 Å². The molecule has 0 saturated carbocycles. The van der Waals surface area contributed by atoms with Gasteiger partial charge in [-0.15, -0.1) is 0 Å². The number of furan rings is 1. The van der Waals surface area contributed by atoms with Gasteiger partial charge in [-0.3, -0.25) is 0 Å². The molecule has 6 heteroatoms. The quantitative estimate of drug-likeness (QED) is 0.225. The zero-order valence-corrected chi connectivity index (χ0v) is 22.1. The van der Waals surface area contributed by atoms with Crippen molar-refractivity contribution in [2.75, 3.05) is 0 Å². The number of nitrogens with zero attached hydrogens (tertiary/aromatic N) is 5. The molecule has 0 fully saturated rings. The van der Waals surface area contributed by atoms with E-state index in [0.29, 0.717) is 11.4 Å². The molecule has 0 spiro atoms. The molecular formula is C36H19N5O. The molecule has 8 rings (SSSR count). The number of hydrogen-bond donors (Lipinski definition) is 0. The molecule has 194 valence electrons. The molecule has 0 bridgehead atoms. The van der Waals surface area contributed by atoms with Gasteiger partial charge < -0.3 is 8.98 Å². The maximum Gasteiger partial charge on any atom is 0.145 e. The summed E-state index contributed by atoms with van der Waals surface area (Å²) < 4.78 is 8.79. The van der Waals surface area contributed by atoms with Gasteiger partial charge in [0.25, 0.3) is 0 Å². The second kappa shape index (κ2) is 9.16. The van der Waals surface area contributed by atoms with Gasteiger partial charge in [-0.05, 0) is 48.5 Å². The number of para-hydroxylation sites is 3. The maximum absolute atomic E-state index is 9.36. The smallest absolute Gasteiger partial charge is 0.145 e. The van der Waals surface area contributed by atoms with Crippen molar-refractivity contribution in [2.45, 2.75) is 0 Å². The Labute approximate surface area is 239 Å². The van der Waals surface area contributed by atoms with Crippen molar-refractivity contribution in [3.63, 3.8) is 0 Å². The monoisotopic (exact) mass is 537 g/mol. The summed E-state index contributed by atoms with van der Waals surface area (Å²) in [5.41, 5.74) is 9.03. The molecule has 42 heavy (non-hydrogen) atoms. The minimum absolute atomic E-state index is 0.358. The summed E-state index contributed by atoms with van der Waals surface area (Å²) >= 11 is 0. The van der Waals surface area contributed by atoms with Crippen LogP contribution in [0, 0.1) is 22.7 Å². The molecule has 0 aliphatic carbocycles. The summed E-state index contributed by atoms with van der Waals surface area (Å²) in [4.78, 5) is 8.75. The maximum atomic E-state index is 9.36. The van der Waals surface area contributed by atoms with Crippen LogP contribution in [0.3, 0.4) is 0 Å². The van der Waals surface area contributed by atoms with E-state index in [-0.39, 0.29) is 0 Å². The average molecular weight is 538 g/mol. The number of fused-ring (bicyclic) bond motifs is 7. The van der Waals surface area contributed by atoms with Crippen LogP contribution in [-0.4, -0.2) is 14.5 Å². The summed E-state index contributed by atoms with van der Waals surface area (Å²) in [5.74, 6) is 0. The van der Waals surface area contributed by atoms with Gasteiger partial charge in [-0.1, -0.05) is 54.6 Å². The molecule has 4 aromatic carbocycles. The Morgan fingerprint density at radius 2 is 1.21 bits per heavy atom. The lowest BCUT2D eigenvalue weighted by Gasteiger charge is -2.19. The molecule has 4 aromatic heterocycles. The van der Waals surface area contributed by atoms with Crippen molar-refractivity contribution in [1.29, 1.82) is 10.5 Å². The van der Waals surface area contributed by atoms with E-state index in [1.54, 1.807) is 24.5 Å². The summed E-state index contributed by atoms with van der Waals surface area (Å²) in [6.07, 6.45) is 3.48. The fourth-order valence-corrected chi connectivity index (χ4v) is 5.96. The fourth-order valence-electron chi connectivity index (χ4n) is 5.96. The minimum Gasteiger partial charge on any atom is -0.455 e. The van der Waals surface area contributed by atoms with Gasteiger partial charge in [-0.2, -0.15) is 10.5 Å². The molecule has 0 atom stereocenters. The largest absolute Gasteiger partial charge is 0.455 e. The number of rotatable bonds is 3. The second-order valence-electron chi connectivity index (χ2n) is 10.1. The highest BCUT2D eigenvalue weighted by Gasteiger charge is 2.22. The van der Waals surface area contributed by atoms with Crippen LogP contribution in [-0.2, 0) is 0 Å². The van der Waals surface area contributed by atoms with Crippen LogP contribution in [0.15, 0.2) is 120 Å². The zero-order chi connectivity index (χ0) is 28.2. The third-order valence-corrected chi connectivity index (χ3v) is 7.82. The van der Waals surface area contributed by atoms with Crippen molar-refractivity contribution in [2.24, 2.45) is 0 Å². The van der Waals surface area contributed by atoms with Crippen molar-refractivity contribution in [1.82, 2.24) is 14.5 Å². The van der Waals surface area contributed by atoms with Crippen molar-refractivity contribution >= 4 is 43.7 Å². The molecule has 0 unspecified atom stereocenters. The van der Waals surface area contributed by atoms with Gasteiger partial charge in [0, 0.05) is 50.8 Å². The van der Waals surface area contributed by atoms with Crippen LogP contribution < -0.4 is 0 Å². The predicted octanol–water partition coefficient (Wildman–Crippen LogP) is 8.55. The van der Waals surface area contributed by atoms with Gasteiger partial charge in [0.05, 0.1) is 22.1 Å². The molecule has 4 heterocycles. The Bertz CT molecular complexity index is 2340. The summed E-state index contributed by atoms with van der Waals surface area (Å²) in [6, 6.07) is 38.5. The lowest BCUT2D eigenvalue weighted by atomic mass is 9.96. The number of aromatic nitrogens is 3. The first-order valence-corrected chi connectivity index (χ1v) is 13.4. The van der Waals surface area contributed by atoms with Crippen molar-refractivity contribution in [3.05, 3.63) is 127 Å². The van der Waals surface area contributed by atoms with Gasteiger partial charge in [0.1, 0.15) is 34.7 Å². The normalized spacial score (nSPS) is 11.3. The van der Waals surface area contributed by atoms with Crippen LogP contribution in [0.25, 0.3) is 71.7 Å². The average Bonchev–Trinajstić information content (AvgIpc) is 3.60. The van der Waals surface area contributed by atoms with E-state index in [0.717, 1.165) is 71.7 Å². The Kier molecular flexibility index (Phi) is 5.15. The highest BCUT2D eigenvalue weighted by molar-refractivity contribution is 6.24. The summed E-state index contributed by atoms with van der Waals surface area (Å²) in [6.45, 7) is 0. The van der Waals surface area contributed by atoms with E-state index >= 15 is 0 Å². The van der Waals surface area contributed by atoms with Crippen LogP contribution in [0.4, 0.5) is 0 Å². The van der Waals surface area contributed by atoms with Crippen LogP contribution in [0.5, 0.6) is 0 Å². The van der Waals surface area contributed by atoms with Crippen molar-refractivity contribution < 1.29 is 4.42 Å². The highest BCUT2D eigenvalue weighted by atomic mass is 16.3. The molecule has 0 N–H and O–H groups in total. The summed E-state index contributed by atoms with van der Waals surface area (Å²) in [7, 11) is 0. The Balaban J connectivity index is 1.53. The Morgan fingerprint density at radius 1 is 0.571 bits per heavy atom. The standard InChI is InChI=1S/C36H19N5O/c37-18-24-14-12-22(20-39-24)26-8-5-9-27(23-13-15-25(19-38)40-21-23)35(26)41-31-10-3-1-7-30(31)34-32(41)17-16-29-28-6-2-4-11-33(28)42-36(29)34/h1-17,20-21H. The summed E-state index contributed by atoms with van der Waals surface area (Å²) in [5, 5.41) is 23.0. The van der Waals surface area contributed by atoms with Gasteiger partial charge >= 0.3 is 0 Å². The molecule has 0 radical (unpaired) electrons. The van der Waals surface area contributed by atoms with Crippen LogP contribution in [0.1, 0.15) is 11.4 Å². The van der Waals surface area contributed by atoms with Crippen molar-refractivity contribution in [3.8, 4) is 40.1 Å². The van der Waals surface area contributed by atoms with Gasteiger partial charge in [-0.25, -0.2) is 9.97 Å². The predicted molar refractivity (Wildman–Crippen MR) is 164 cm³/mol. The van der Waals surface area contributed by atoms with E-state index in [9.17, 15) is 10.5 Å². The zero-order valence-electron chi connectivity index (χ0n) is 22.1. The first-order valence-electron chi connectivity index (χ1n) is 13.4. The lowest BCUT2D eigenvalue weighted by Crippen LogP contribution is -2.01. The molecule has 6 nitrogen and oxygen atoms in total. The Morgan fingerprint density at radius 3 is 1.86 bits per heavy atom. The number of pyridine rings is 2. The molecule has 0 aliphatic rings. The minimum atomic E-state index is 0.358. The third kappa shape index (κ3) is 3.43. The number of benzene rings is 4. The fraction of sp³-hybridized carbons (Fsp3) is 0. The highest BCUT2D eigenvalue weighted by Crippen LogP contribution is 2.44. The van der Waals surface area contributed by atoms with E-state index in [4.69, 9.17) is 4.42 Å². The number of hydrogen-bond acceptors (Lipinski definition) is 5. The first kappa shape index (κ1) is 23.6. The number of nitriles is 2.